The van der Waals surface area contributed by atoms with E-state index in [1.54, 1.807) is 32.9 Å². The molecule has 0 aliphatic carbocycles. The van der Waals surface area contributed by atoms with Crippen LogP contribution in [0.2, 0.25) is 0 Å². The Hall–Kier alpha value is -3.55. The molecule has 1 aromatic carbocycles. The van der Waals surface area contributed by atoms with Crippen molar-refractivity contribution >= 4 is 17.6 Å². The van der Waals surface area contributed by atoms with Gasteiger partial charge < -0.3 is 4.74 Å². The van der Waals surface area contributed by atoms with Gasteiger partial charge in [0, 0.05) is 30.9 Å². The molecule has 0 unspecified atom stereocenters. The number of benzene rings is 1. The molecule has 1 fully saturated rings. The Morgan fingerprint density at radius 3 is 2.40 bits per heavy atom. The van der Waals surface area contributed by atoms with Crippen LogP contribution in [-0.2, 0) is 22.1 Å². The van der Waals surface area contributed by atoms with E-state index in [0.717, 1.165) is 17.3 Å². The third-order valence-corrected chi connectivity index (χ3v) is 5.36. The fourth-order valence-corrected chi connectivity index (χ4v) is 3.76. The molecule has 7 nitrogen and oxygen atoms in total. The van der Waals surface area contributed by atoms with Crippen LogP contribution in [0.3, 0.4) is 0 Å². The zero-order valence-electron chi connectivity index (χ0n) is 19.4. The summed E-state index contributed by atoms with van der Waals surface area (Å²) in [7, 11) is 0. The van der Waals surface area contributed by atoms with E-state index in [9.17, 15) is 27.2 Å². The first-order chi connectivity index (χ1) is 16.3. The number of rotatable bonds is 5. The highest BCUT2D eigenvalue weighted by Crippen LogP contribution is 2.31. The maximum Gasteiger partial charge on any atom is 0.451 e. The lowest BCUT2D eigenvalue weighted by Crippen LogP contribution is -2.46. The molecule has 11 heteroatoms. The Kier molecular flexibility index (Phi) is 7.43. The number of amides is 1. The minimum Gasteiger partial charge on any atom is -0.444 e. The topological polar surface area (TPSA) is 76.8 Å². The number of ether oxygens (including phenoxy) is 1. The van der Waals surface area contributed by atoms with E-state index in [0.29, 0.717) is 16.7 Å². The Bertz CT molecular complexity index is 1140. The van der Waals surface area contributed by atoms with Crippen molar-refractivity contribution < 1.29 is 31.9 Å². The van der Waals surface area contributed by atoms with Crippen molar-refractivity contribution in [2.75, 3.05) is 6.54 Å². The van der Waals surface area contributed by atoms with Crippen molar-refractivity contribution in [2.45, 2.75) is 64.0 Å². The number of Topliss-reactive ketones (excluding diaryl/α,β-unsaturated/α-hetero) is 1. The fraction of sp³-hybridized carbons (Fsp3) is 0.458. The van der Waals surface area contributed by atoms with Crippen LogP contribution in [0.25, 0.3) is 16.0 Å². The summed E-state index contributed by atoms with van der Waals surface area (Å²) >= 11 is 0. The predicted octanol–water partition coefficient (Wildman–Crippen LogP) is 5.56. The Morgan fingerprint density at radius 1 is 1.17 bits per heavy atom. The minimum absolute atomic E-state index is 0.0202. The summed E-state index contributed by atoms with van der Waals surface area (Å²) in [6, 6.07) is 3.33. The van der Waals surface area contributed by atoms with Gasteiger partial charge in [-0.15, -0.1) is 0 Å². The van der Waals surface area contributed by atoms with Crippen LogP contribution in [0, 0.1) is 6.57 Å². The Labute approximate surface area is 199 Å². The lowest BCUT2D eigenvalue weighted by molar-refractivity contribution is -0.145. The SMILES string of the molecule is [C-]#[N+]c1ccc(-c2cnc(C(F)(F)F)nc2)cc1CCC(=O)[C@@H]1[C@@H](F)CCN1C(=O)OC(C)(C)C. The van der Waals surface area contributed by atoms with Gasteiger partial charge in [-0.05, 0) is 44.7 Å². The van der Waals surface area contributed by atoms with Gasteiger partial charge in [-0.3, -0.25) is 9.69 Å². The number of hydrogen-bond donors (Lipinski definition) is 0. The molecule has 1 aliphatic rings. The minimum atomic E-state index is -4.67. The van der Waals surface area contributed by atoms with E-state index in [1.807, 2.05) is 0 Å². The van der Waals surface area contributed by atoms with E-state index in [-0.39, 0.29) is 31.5 Å². The van der Waals surface area contributed by atoms with Gasteiger partial charge in [0.05, 0.1) is 6.57 Å². The second-order valence-electron chi connectivity index (χ2n) is 9.14. The summed E-state index contributed by atoms with van der Waals surface area (Å²) in [6.45, 7) is 12.4. The van der Waals surface area contributed by atoms with Gasteiger partial charge in [-0.25, -0.2) is 24.0 Å². The first-order valence-corrected chi connectivity index (χ1v) is 10.9. The molecular weight excluding hydrogens is 468 g/mol. The molecule has 0 spiro atoms. The zero-order chi connectivity index (χ0) is 26.0. The summed E-state index contributed by atoms with van der Waals surface area (Å²) < 4.78 is 58.0. The van der Waals surface area contributed by atoms with Gasteiger partial charge in [0.2, 0.25) is 5.82 Å². The highest BCUT2D eigenvalue weighted by Gasteiger charge is 2.43. The van der Waals surface area contributed by atoms with E-state index in [4.69, 9.17) is 11.3 Å². The van der Waals surface area contributed by atoms with Gasteiger partial charge in [-0.2, -0.15) is 13.2 Å². The standard InChI is InChI=1S/C24H24F4N4O3/c1-23(2,3)35-22(34)32-10-9-17(25)20(32)19(33)8-6-15-11-14(5-7-18(15)29-4)16-12-30-21(31-13-16)24(26,27)28/h5,7,11-13,17,20H,6,8-10H2,1-3H3/t17-,20-/m0/s1. The third-order valence-electron chi connectivity index (χ3n) is 5.36. The van der Waals surface area contributed by atoms with Crippen molar-refractivity contribution in [3.8, 4) is 11.1 Å². The molecular formula is C24H24F4N4O3. The van der Waals surface area contributed by atoms with Gasteiger partial charge in [-0.1, -0.05) is 18.2 Å². The molecule has 0 bridgehead atoms. The number of hydrogen-bond acceptors (Lipinski definition) is 5. The highest BCUT2D eigenvalue weighted by molar-refractivity contribution is 5.89. The van der Waals surface area contributed by atoms with Gasteiger partial charge in [0.15, 0.2) is 11.5 Å². The highest BCUT2D eigenvalue weighted by atomic mass is 19.4. The van der Waals surface area contributed by atoms with E-state index in [2.05, 4.69) is 14.8 Å². The summed E-state index contributed by atoms with van der Waals surface area (Å²) in [5, 5.41) is 0. The third kappa shape index (κ3) is 6.32. The lowest BCUT2D eigenvalue weighted by atomic mass is 9.97. The molecule has 35 heavy (non-hydrogen) atoms. The summed E-state index contributed by atoms with van der Waals surface area (Å²) in [4.78, 5) is 36.6. The first-order valence-electron chi connectivity index (χ1n) is 10.9. The molecule has 1 amide bonds. The lowest BCUT2D eigenvalue weighted by Gasteiger charge is -2.28. The molecule has 0 saturated carbocycles. The maximum atomic E-state index is 14.5. The van der Waals surface area contributed by atoms with Crippen LogP contribution in [-0.4, -0.2) is 51.1 Å². The predicted molar refractivity (Wildman–Crippen MR) is 118 cm³/mol. The summed E-state index contributed by atoms with van der Waals surface area (Å²) in [5.74, 6) is -1.77. The number of aromatic nitrogens is 2. The molecule has 3 rings (SSSR count). The number of aryl methyl sites for hydroxylation is 1. The van der Waals surface area contributed by atoms with Gasteiger partial charge in [0.1, 0.15) is 17.8 Å². The van der Waals surface area contributed by atoms with Crippen molar-refractivity contribution in [1.82, 2.24) is 14.9 Å². The molecule has 1 aliphatic heterocycles. The van der Waals surface area contributed by atoms with Crippen molar-refractivity contribution in [3.05, 3.63) is 53.4 Å². The number of carbonyl (C=O) groups is 2. The smallest absolute Gasteiger partial charge is 0.444 e. The number of carbonyl (C=O) groups excluding carboxylic acids is 2. The second kappa shape index (κ2) is 9.98. The zero-order valence-corrected chi connectivity index (χ0v) is 19.4. The number of likely N-dealkylation sites (tertiary alicyclic amines) is 1. The van der Waals surface area contributed by atoms with Crippen LogP contribution in [0.1, 0.15) is 45.0 Å². The van der Waals surface area contributed by atoms with Crippen molar-refractivity contribution in [1.29, 1.82) is 0 Å². The monoisotopic (exact) mass is 492 g/mol. The van der Waals surface area contributed by atoms with Gasteiger partial charge >= 0.3 is 12.3 Å². The molecule has 1 saturated heterocycles. The van der Waals surface area contributed by atoms with Crippen molar-refractivity contribution in [3.63, 3.8) is 0 Å². The number of halogens is 4. The van der Waals surface area contributed by atoms with E-state index in [1.165, 1.54) is 6.07 Å². The molecule has 2 aromatic rings. The first kappa shape index (κ1) is 26.1. The molecule has 1 aromatic heterocycles. The largest absolute Gasteiger partial charge is 0.451 e. The van der Waals surface area contributed by atoms with E-state index >= 15 is 0 Å². The second-order valence-corrected chi connectivity index (χ2v) is 9.14. The maximum absolute atomic E-state index is 14.5. The number of nitrogens with zero attached hydrogens (tertiary/aromatic N) is 4. The van der Waals surface area contributed by atoms with E-state index < -0.39 is 41.7 Å². The molecule has 2 atom stereocenters. The van der Waals surface area contributed by atoms with Crippen LogP contribution in [0.5, 0.6) is 0 Å². The molecule has 186 valence electrons. The Balaban J connectivity index is 1.77. The quantitative estimate of drug-likeness (QED) is 0.403. The average molecular weight is 492 g/mol. The fourth-order valence-electron chi connectivity index (χ4n) is 3.76. The number of ketones is 1. The normalized spacial score (nSPS) is 18.3. The Morgan fingerprint density at radius 2 is 1.83 bits per heavy atom. The van der Waals surface area contributed by atoms with Crippen LogP contribution >= 0.6 is 0 Å². The number of alkyl halides is 4. The average Bonchev–Trinajstić information content (AvgIpc) is 3.17. The summed E-state index contributed by atoms with van der Waals surface area (Å²) in [5.41, 5.74) is 0.682. The van der Waals surface area contributed by atoms with Crippen LogP contribution < -0.4 is 0 Å². The van der Waals surface area contributed by atoms with Crippen LogP contribution in [0.4, 0.5) is 28.0 Å². The van der Waals surface area contributed by atoms with Crippen molar-refractivity contribution in [2.24, 2.45) is 0 Å². The van der Waals surface area contributed by atoms with Gasteiger partial charge in [0.25, 0.3) is 0 Å². The molecule has 0 N–H and O–H groups in total. The van der Waals surface area contributed by atoms with Crippen LogP contribution in [0.15, 0.2) is 30.6 Å². The molecule has 2 heterocycles. The molecule has 0 radical (unpaired) electrons. The summed E-state index contributed by atoms with van der Waals surface area (Å²) in [6.07, 6.45) is -4.93.